The van der Waals surface area contributed by atoms with E-state index in [9.17, 15) is 4.79 Å². The molecule has 0 bridgehead atoms. The van der Waals surface area contributed by atoms with Crippen LogP contribution in [-0.4, -0.2) is 54.5 Å². The van der Waals surface area contributed by atoms with E-state index in [1.165, 1.54) is 38.6 Å². The molecule has 3 aliphatic rings. The molecular weight excluding hydrogens is 250 g/mol. The van der Waals surface area contributed by atoms with E-state index >= 15 is 0 Å². The summed E-state index contributed by atoms with van der Waals surface area (Å²) in [4.78, 5) is 17.3. The average Bonchev–Trinajstić information content (AvgIpc) is 3.27. The van der Waals surface area contributed by atoms with Gasteiger partial charge in [-0.1, -0.05) is 19.3 Å². The highest BCUT2D eigenvalue weighted by Gasteiger charge is 2.33. The van der Waals surface area contributed by atoms with Gasteiger partial charge in [0, 0.05) is 38.8 Å². The van der Waals surface area contributed by atoms with Gasteiger partial charge in [-0.05, 0) is 31.6 Å². The molecule has 2 N–H and O–H groups in total. The van der Waals surface area contributed by atoms with Gasteiger partial charge in [-0.2, -0.15) is 0 Å². The van der Waals surface area contributed by atoms with E-state index in [2.05, 4.69) is 9.80 Å². The van der Waals surface area contributed by atoms with Crippen LogP contribution in [0.4, 0.5) is 0 Å². The van der Waals surface area contributed by atoms with Gasteiger partial charge in [-0.3, -0.25) is 9.69 Å². The van der Waals surface area contributed by atoms with Gasteiger partial charge in [0.2, 0.25) is 5.91 Å². The van der Waals surface area contributed by atoms with Gasteiger partial charge in [0.15, 0.2) is 0 Å². The predicted molar refractivity (Wildman–Crippen MR) is 80.3 cm³/mol. The molecule has 2 saturated carbocycles. The Labute approximate surface area is 122 Å². The average molecular weight is 279 g/mol. The van der Waals surface area contributed by atoms with Gasteiger partial charge >= 0.3 is 0 Å². The normalized spacial score (nSPS) is 33.0. The fourth-order valence-corrected chi connectivity index (χ4v) is 3.69. The molecule has 0 aromatic carbocycles. The largest absolute Gasteiger partial charge is 0.340 e. The number of hydrogen-bond donors (Lipinski definition) is 1. The van der Waals surface area contributed by atoms with E-state index in [1.54, 1.807) is 0 Å². The van der Waals surface area contributed by atoms with Crippen LogP contribution in [0.1, 0.15) is 44.9 Å². The molecule has 3 rings (SSSR count). The van der Waals surface area contributed by atoms with Crippen molar-refractivity contribution in [1.29, 1.82) is 0 Å². The number of carbonyl (C=O) groups is 1. The SMILES string of the molecule is NC1CCCCCC1C(=O)N1CCN(CC2CC2)CC1. The molecule has 1 aliphatic heterocycles. The Bertz CT molecular complexity index is 335. The lowest BCUT2D eigenvalue weighted by Crippen LogP contribution is -2.52. The zero-order valence-electron chi connectivity index (χ0n) is 12.6. The number of carbonyl (C=O) groups excluding carboxylic acids is 1. The van der Waals surface area contributed by atoms with Gasteiger partial charge in [0.25, 0.3) is 0 Å². The molecule has 2 aliphatic carbocycles. The summed E-state index contributed by atoms with van der Waals surface area (Å²) in [5.41, 5.74) is 6.23. The molecule has 0 aromatic rings. The smallest absolute Gasteiger partial charge is 0.227 e. The van der Waals surface area contributed by atoms with Crippen LogP contribution < -0.4 is 5.73 Å². The van der Waals surface area contributed by atoms with E-state index in [-0.39, 0.29) is 12.0 Å². The molecule has 0 spiro atoms. The number of nitrogens with zero attached hydrogens (tertiary/aromatic N) is 2. The molecule has 1 saturated heterocycles. The third kappa shape index (κ3) is 3.53. The van der Waals surface area contributed by atoms with E-state index in [0.29, 0.717) is 5.91 Å². The maximum Gasteiger partial charge on any atom is 0.227 e. The van der Waals surface area contributed by atoms with Crippen molar-refractivity contribution in [3.8, 4) is 0 Å². The van der Waals surface area contributed by atoms with E-state index in [0.717, 1.165) is 44.9 Å². The van der Waals surface area contributed by atoms with Gasteiger partial charge < -0.3 is 10.6 Å². The van der Waals surface area contributed by atoms with Crippen LogP contribution in [0.25, 0.3) is 0 Å². The Morgan fingerprint density at radius 3 is 2.35 bits per heavy atom. The molecule has 1 amide bonds. The minimum absolute atomic E-state index is 0.0903. The lowest BCUT2D eigenvalue weighted by Gasteiger charge is -2.37. The summed E-state index contributed by atoms with van der Waals surface area (Å²) in [6.07, 6.45) is 8.46. The van der Waals surface area contributed by atoms with Crippen LogP contribution in [0.2, 0.25) is 0 Å². The first-order valence-electron chi connectivity index (χ1n) is 8.51. The third-order valence-corrected chi connectivity index (χ3v) is 5.28. The van der Waals surface area contributed by atoms with Crippen LogP contribution in [0.5, 0.6) is 0 Å². The van der Waals surface area contributed by atoms with Crippen molar-refractivity contribution in [3.63, 3.8) is 0 Å². The first kappa shape index (κ1) is 14.3. The van der Waals surface area contributed by atoms with Crippen LogP contribution in [0.15, 0.2) is 0 Å². The molecule has 114 valence electrons. The first-order valence-corrected chi connectivity index (χ1v) is 8.51. The van der Waals surface area contributed by atoms with Crippen LogP contribution >= 0.6 is 0 Å². The lowest BCUT2D eigenvalue weighted by atomic mass is 9.93. The number of amides is 1. The lowest BCUT2D eigenvalue weighted by molar-refractivity contribution is -0.138. The zero-order valence-corrected chi connectivity index (χ0v) is 12.6. The fourth-order valence-electron chi connectivity index (χ4n) is 3.69. The zero-order chi connectivity index (χ0) is 13.9. The molecule has 4 nitrogen and oxygen atoms in total. The highest BCUT2D eigenvalue weighted by molar-refractivity contribution is 5.79. The topological polar surface area (TPSA) is 49.6 Å². The van der Waals surface area contributed by atoms with Crippen molar-refractivity contribution in [1.82, 2.24) is 9.80 Å². The van der Waals surface area contributed by atoms with Gasteiger partial charge in [0.1, 0.15) is 0 Å². The summed E-state index contributed by atoms with van der Waals surface area (Å²) in [5, 5.41) is 0. The first-order chi connectivity index (χ1) is 9.74. The quantitative estimate of drug-likeness (QED) is 0.796. The van der Waals surface area contributed by atoms with Crippen LogP contribution in [0, 0.1) is 11.8 Å². The van der Waals surface area contributed by atoms with Gasteiger partial charge in [0.05, 0.1) is 5.92 Å². The molecule has 3 fully saturated rings. The van der Waals surface area contributed by atoms with E-state index in [4.69, 9.17) is 5.73 Å². The maximum atomic E-state index is 12.7. The van der Waals surface area contributed by atoms with Crippen molar-refractivity contribution in [2.45, 2.75) is 51.0 Å². The number of hydrogen-bond acceptors (Lipinski definition) is 3. The maximum absolute atomic E-state index is 12.7. The molecule has 2 atom stereocenters. The van der Waals surface area contributed by atoms with Crippen molar-refractivity contribution in [2.75, 3.05) is 32.7 Å². The molecule has 4 heteroatoms. The summed E-state index contributed by atoms with van der Waals surface area (Å²) >= 11 is 0. The molecule has 1 heterocycles. The van der Waals surface area contributed by atoms with Crippen LogP contribution in [0.3, 0.4) is 0 Å². The second-order valence-corrected chi connectivity index (χ2v) is 6.98. The summed E-state index contributed by atoms with van der Waals surface area (Å²) in [7, 11) is 0. The standard InChI is InChI=1S/C16H29N3O/c17-15-5-3-1-2-4-14(15)16(20)19-10-8-18(9-11-19)12-13-6-7-13/h13-15H,1-12,17H2. The third-order valence-electron chi connectivity index (χ3n) is 5.28. The van der Waals surface area contributed by atoms with Crippen molar-refractivity contribution in [3.05, 3.63) is 0 Å². The summed E-state index contributed by atoms with van der Waals surface area (Å²) < 4.78 is 0. The molecular formula is C16H29N3O. The second kappa shape index (κ2) is 6.44. The molecule has 0 radical (unpaired) electrons. The van der Waals surface area contributed by atoms with Crippen molar-refractivity contribution < 1.29 is 4.79 Å². The minimum atomic E-state index is 0.0903. The summed E-state index contributed by atoms with van der Waals surface area (Å²) in [5.74, 6) is 1.38. The second-order valence-electron chi connectivity index (χ2n) is 6.98. The van der Waals surface area contributed by atoms with E-state index < -0.39 is 0 Å². The minimum Gasteiger partial charge on any atom is -0.340 e. The Morgan fingerprint density at radius 1 is 0.950 bits per heavy atom. The van der Waals surface area contributed by atoms with Crippen molar-refractivity contribution >= 4 is 5.91 Å². The highest BCUT2D eigenvalue weighted by atomic mass is 16.2. The summed E-state index contributed by atoms with van der Waals surface area (Å²) in [6, 6.07) is 0.0921. The number of nitrogens with two attached hydrogens (primary N) is 1. The molecule has 0 aromatic heterocycles. The molecule has 2 unspecified atom stereocenters. The van der Waals surface area contributed by atoms with Gasteiger partial charge in [-0.15, -0.1) is 0 Å². The Balaban J connectivity index is 1.49. The van der Waals surface area contributed by atoms with Crippen molar-refractivity contribution in [2.24, 2.45) is 17.6 Å². The number of rotatable bonds is 3. The predicted octanol–water partition coefficient (Wildman–Crippen LogP) is 1.45. The highest BCUT2D eigenvalue weighted by Crippen LogP contribution is 2.30. The van der Waals surface area contributed by atoms with Gasteiger partial charge in [-0.25, -0.2) is 0 Å². The number of piperazine rings is 1. The Morgan fingerprint density at radius 2 is 1.65 bits per heavy atom. The monoisotopic (exact) mass is 279 g/mol. The molecule has 20 heavy (non-hydrogen) atoms. The van der Waals surface area contributed by atoms with E-state index in [1.807, 2.05) is 0 Å². The van der Waals surface area contributed by atoms with Crippen LogP contribution in [-0.2, 0) is 4.79 Å². The Kier molecular flexibility index (Phi) is 4.61. The summed E-state index contributed by atoms with van der Waals surface area (Å²) in [6.45, 7) is 5.20. The Hall–Kier alpha value is -0.610. The fraction of sp³-hybridized carbons (Fsp3) is 0.938.